The number of rotatable bonds is 9. The fourth-order valence-corrected chi connectivity index (χ4v) is 5.51. The number of nitrogens with zero attached hydrogens (tertiary/aromatic N) is 2. The Kier molecular flexibility index (Phi) is 7.77. The number of hydrogen-bond acceptors (Lipinski definition) is 5. The molecule has 1 saturated heterocycles. The molecule has 0 unspecified atom stereocenters. The largest absolute Gasteiger partial charge is 0.492 e. The topological polar surface area (TPSA) is 66.9 Å². The zero-order valence-corrected chi connectivity index (χ0v) is 20.2. The average molecular weight is 479 g/mol. The van der Waals surface area contributed by atoms with Crippen LogP contribution in [0.5, 0.6) is 5.75 Å². The molecule has 0 aliphatic carbocycles. The van der Waals surface area contributed by atoms with Crippen molar-refractivity contribution in [3.05, 3.63) is 78.4 Å². The van der Waals surface area contributed by atoms with E-state index in [0.29, 0.717) is 44.8 Å². The molecule has 1 aliphatic heterocycles. The van der Waals surface area contributed by atoms with Gasteiger partial charge in [0, 0.05) is 44.5 Å². The SMILES string of the molecule is CCC(=O)/C=C/c1cccc(S(=O)(=O)N2CCN(CCOc3cccc4ccccc34)CC2)c1. The van der Waals surface area contributed by atoms with Gasteiger partial charge in [-0.05, 0) is 35.2 Å². The van der Waals surface area contributed by atoms with Gasteiger partial charge in [0.1, 0.15) is 12.4 Å². The quantitative estimate of drug-likeness (QED) is 0.431. The summed E-state index contributed by atoms with van der Waals surface area (Å²) in [7, 11) is -3.58. The van der Waals surface area contributed by atoms with Gasteiger partial charge in [0.25, 0.3) is 0 Å². The van der Waals surface area contributed by atoms with E-state index >= 15 is 0 Å². The number of fused-ring (bicyclic) bond motifs is 1. The highest BCUT2D eigenvalue weighted by atomic mass is 32.2. The minimum Gasteiger partial charge on any atom is -0.492 e. The molecule has 7 heteroatoms. The molecular weight excluding hydrogens is 448 g/mol. The van der Waals surface area contributed by atoms with Crippen LogP contribution in [0.25, 0.3) is 16.8 Å². The van der Waals surface area contributed by atoms with E-state index in [4.69, 9.17) is 4.74 Å². The Balaban J connectivity index is 1.31. The summed E-state index contributed by atoms with van der Waals surface area (Å²) in [5.74, 6) is 0.877. The van der Waals surface area contributed by atoms with Crippen LogP contribution in [0.1, 0.15) is 18.9 Å². The number of ether oxygens (including phenoxy) is 1. The highest BCUT2D eigenvalue weighted by Crippen LogP contribution is 2.25. The summed E-state index contributed by atoms with van der Waals surface area (Å²) in [6.45, 7) is 5.26. The van der Waals surface area contributed by atoms with Crippen LogP contribution in [-0.2, 0) is 14.8 Å². The molecule has 0 aromatic heterocycles. The maximum atomic E-state index is 13.2. The molecule has 34 heavy (non-hydrogen) atoms. The van der Waals surface area contributed by atoms with Gasteiger partial charge in [-0.15, -0.1) is 0 Å². The van der Waals surface area contributed by atoms with Gasteiger partial charge in [-0.25, -0.2) is 8.42 Å². The number of piperazine rings is 1. The van der Waals surface area contributed by atoms with E-state index in [1.807, 2.05) is 24.3 Å². The fourth-order valence-electron chi connectivity index (χ4n) is 4.03. The molecule has 4 rings (SSSR count). The molecule has 0 N–H and O–H groups in total. The summed E-state index contributed by atoms with van der Waals surface area (Å²) in [4.78, 5) is 14.0. The highest BCUT2D eigenvalue weighted by Gasteiger charge is 2.28. The van der Waals surface area contributed by atoms with Gasteiger partial charge in [0.2, 0.25) is 10.0 Å². The third-order valence-electron chi connectivity index (χ3n) is 6.05. The first-order valence-corrected chi connectivity index (χ1v) is 13.1. The molecule has 0 spiro atoms. The Hall–Kier alpha value is -3.00. The first kappa shape index (κ1) is 24.1. The van der Waals surface area contributed by atoms with Crippen molar-refractivity contribution in [2.24, 2.45) is 0 Å². The summed E-state index contributed by atoms with van der Waals surface area (Å²) in [5.41, 5.74) is 0.701. The van der Waals surface area contributed by atoms with Gasteiger partial charge in [-0.3, -0.25) is 9.69 Å². The molecule has 3 aromatic rings. The summed E-state index contributed by atoms with van der Waals surface area (Å²) in [6.07, 6.45) is 3.58. The normalized spacial score (nSPS) is 15.7. The van der Waals surface area contributed by atoms with Gasteiger partial charge in [-0.1, -0.05) is 61.5 Å². The molecule has 0 bridgehead atoms. The third-order valence-corrected chi connectivity index (χ3v) is 7.95. The van der Waals surface area contributed by atoms with Crippen molar-refractivity contribution in [2.75, 3.05) is 39.3 Å². The molecule has 0 saturated carbocycles. The predicted molar refractivity (Wildman–Crippen MR) is 135 cm³/mol. The Morgan fingerprint density at radius 1 is 0.971 bits per heavy atom. The standard InChI is InChI=1S/C27H30N2O4S/c1-2-24(30)14-13-22-7-5-10-25(21-22)34(31,32)29-17-15-28(16-18-29)19-20-33-27-12-6-9-23-8-3-4-11-26(23)27/h3-14,21H,2,15-20H2,1H3/b14-13+. The molecular formula is C27H30N2O4S. The molecule has 0 atom stereocenters. The molecule has 0 radical (unpaired) electrons. The average Bonchev–Trinajstić information content (AvgIpc) is 2.88. The van der Waals surface area contributed by atoms with Crippen LogP contribution in [0.4, 0.5) is 0 Å². The lowest BCUT2D eigenvalue weighted by Crippen LogP contribution is -2.49. The number of benzene rings is 3. The molecule has 1 fully saturated rings. The fraction of sp³-hybridized carbons (Fsp3) is 0.296. The second kappa shape index (κ2) is 11.0. The van der Waals surface area contributed by atoms with Crippen molar-refractivity contribution in [3.63, 3.8) is 0 Å². The second-order valence-corrected chi connectivity index (χ2v) is 10.2. The van der Waals surface area contributed by atoms with Crippen molar-refractivity contribution in [3.8, 4) is 5.75 Å². The van der Waals surface area contributed by atoms with Crippen LogP contribution in [-0.4, -0.2) is 62.7 Å². The Morgan fingerprint density at radius 3 is 2.50 bits per heavy atom. The number of carbonyl (C=O) groups is 1. The van der Waals surface area contributed by atoms with Crippen LogP contribution >= 0.6 is 0 Å². The molecule has 6 nitrogen and oxygen atoms in total. The number of ketones is 1. The van der Waals surface area contributed by atoms with E-state index in [0.717, 1.165) is 23.1 Å². The highest BCUT2D eigenvalue weighted by molar-refractivity contribution is 7.89. The summed E-state index contributed by atoms with van der Waals surface area (Å²) in [5, 5.41) is 2.24. The van der Waals surface area contributed by atoms with Crippen molar-refractivity contribution in [1.29, 1.82) is 0 Å². The van der Waals surface area contributed by atoms with E-state index in [-0.39, 0.29) is 10.7 Å². The van der Waals surface area contributed by atoms with Crippen molar-refractivity contribution < 1.29 is 17.9 Å². The molecule has 0 amide bonds. The van der Waals surface area contributed by atoms with E-state index < -0.39 is 10.0 Å². The Labute approximate surface area is 201 Å². The summed E-state index contributed by atoms with van der Waals surface area (Å²) >= 11 is 0. The van der Waals surface area contributed by atoms with E-state index in [2.05, 4.69) is 23.1 Å². The number of allylic oxidation sites excluding steroid dienone is 1. The lowest BCUT2D eigenvalue weighted by atomic mass is 10.1. The monoisotopic (exact) mass is 478 g/mol. The van der Waals surface area contributed by atoms with Crippen LogP contribution in [0.2, 0.25) is 0 Å². The second-order valence-electron chi connectivity index (χ2n) is 8.30. The summed E-state index contributed by atoms with van der Waals surface area (Å²) < 4.78 is 33.9. The minimum atomic E-state index is -3.58. The molecule has 1 heterocycles. The zero-order valence-electron chi connectivity index (χ0n) is 19.4. The smallest absolute Gasteiger partial charge is 0.243 e. The van der Waals surface area contributed by atoms with Gasteiger partial charge >= 0.3 is 0 Å². The molecule has 178 valence electrons. The number of carbonyl (C=O) groups excluding carboxylic acids is 1. The van der Waals surface area contributed by atoms with E-state index in [1.54, 1.807) is 37.3 Å². The van der Waals surface area contributed by atoms with Crippen molar-refractivity contribution in [1.82, 2.24) is 9.21 Å². The predicted octanol–water partition coefficient (Wildman–Crippen LogP) is 4.22. The van der Waals surface area contributed by atoms with Gasteiger partial charge in [0.05, 0.1) is 4.90 Å². The first-order valence-electron chi connectivity index (χ1n) is 11.6. The van der Waals surface area contributed by atoms with Gasteiger partial charge < -0.3 is 4.74 Å². The van der Waals surface area contributed by atoms with Gasteiger partial charge in [-0.2, -0.15) is 4.31 Å². The number of hydrogen-bond donors (Lipinski definition) is 0. The zero-order chi connectivity index (χ0) is 24.0. The van der Waals surface area contributed by atoms with Crippen molar-refractivity contribution >= 4 is 32.7 Å². The third kappa shape index (κ3) is 5.73. The van der Waals surface area contributed by atoms with Crippen LogP contribution in [0.3, 0.4) is 0 Å². The Bertz CT molecular complexity index is 1270. The van der Waals surface area contributed by atoms with Gasteiger partial charge in [0.15, 0.2) is 5.78 Å². The van der Waals surface area contributed by atoms with Crippen LogP contribution in [0, 0.1) is 0 Å². The van der Waals surface area contributed by atoms with Crippen molar-refractivity contribution in [2.45, 2.75) is 18.2 Å². The maximum absolute atomic E-state index is 13.2. The lowest BCUT2D eigenvalue weighted by Gasteiger charge is -2.33. The maximum Gasteiger partial charge on any atom is 0.243 e. The van der Waals surface area contributed by atoms with Crippen LogP contribution in [0.15, 0.2) is 77.7 Å². The minimum absolute atomic E-state index is 0.00816. The van der Waals surface area contributed by atoms with Crippen LogP contribution < -0.4 is 4.74 Å². The van der Waals surface area contributed by atoms with E-state index in [1.165, 1.54) is 10.4 Å². The molecule has 1 aliphatic rings. The Morgan fingerprint density at radius 2 is 1.71 bits per heavy atom. The molecule has 3 aromatic carbocycles. The van der Waals surface area contributed by atoms with E-state index in [9.17, 15) is 13.2 Å². The first-order chi connectivity index (χ1) is 16.5. The summed E-state index contributed by atoms with van der Waals surface area (Å²) in [6, 6.07) is 20.9. The number of sulfonamides is 1. The lowest BCUT2D eigenvalue weighted by molar-refractivity contribution is -0.114.